The fourth-order valence-electron chi connectivity index (χ4n) is 2.27. The van der Waals surface area contributed by atoms with Crippen LogP contribution in [-0.2, 0) is 4.79 Å². The molecule has 114 valence electrons. The number of nitrogens with zero attached hydrogens (tertiary/aromatic N) is 1. The van der Waals surface area contributed by atoms with Gasteiger partial charge in [-0.05, 0) is 41.3 Å². The highest BCUT2D eigenvalue weighted by Gasteiger charge is 2.32. The summed E-state index contributed by atoms with van der Waals surface area (Å²) < 4.78 is 26.7. The molecule has 1 saturated heterocycles. The summed E-state index contributed by atoms with van der Waals surface area (Å²) in [6.45, 7) is 0.281. The standard InChI is InChI=1S/C13H13BrF2N2O3/c14-8-5-7(15)6-9(16)11(8)17-13(21)18-4-2-1-3-10(18)12(19)20/h5-6,10H,1-4H2,(H,17,21)(H,19,20). The van der Waals surface area contributed by atoms with Crippen LogP contribution in [0.25, 0.3) is 0 Å². The Balaban J connectivity index is 2.19. The van der Waals surface area contributed by atoms with Crippen LogP contribution in [0, 0.1) is 11.6 Å². The fourth-order valence-corrected chi connectivity index (χ4v) is 2.78. The van der Waals surface area contributed by atoms with Gasteiger partial charge in [-0.15, -0.1) is 0 Å². The normalized spacial score (nSPS) is 18.4. The molecule has 5 nitrogen and oxygen atoms in total. The van der Waals surface area contributed by atoms with Gasteiger partial charge in [0.05, 0.1) is 5.69 Å². The smallest absolute Gasteiger partial charge is 0.326 e. The Morgan fingerprint density at radius 2 is 2.05 bits per heavy atom. The molecule has 1 aromatic rings. The molecule has 0 spiro atoms. The monoisotopic (exact) mass is 362 g/mol. The summed E-state index contributed by atoms with van der Waals surface area (Å²) in [5, 5.41) is 11.4. The first kappa shape index (κ1) is 15.7. The number of urea groups is 1. The Kier molecular flexibility index (Phi) is 4.76. The van der Waals surface area contributed by atoms with E-state index in [4.69, 9.17) is 5.11 Å². The summed E-state index contributed by atoms with van der Waals surface area (Å²) in [5.74, 6) is -2.80. The first-order valence-electron chi connectivity index (χ1n) is 6.35. The summed E-state index contributed by atoms with van der Waals surface area (Å²) in [4.78, 5) is 24.4. The van der Waals surface area contributed by atoms with Crippen LogP contribution in [0.15, 0.2) is 16.6 Å². The zero-order valence-corrected chi connectivity index (χ0v) is 12.5. The predicted octanol–water partition coefficient (Wildman–Crippen LogP) is 3.20. The number of anilines is 1. The number of rotatable bonds is 2. The Labute approximate surface area is 128 Å². The van der Waals surface area contributed by atoms with Gasteiger partial charge in [-0.25, -0.2) is 18.4 Å². The first-order valence-corrected chi connectivity index (χ1v) is 7.14. The minimum absolute atomic E-state index is 0.0530. The van der Waals surface area contributed by atoms with Gasteiger partial charge in [0.2, 0.25) is 0 Å². The number of carbonyl (C=O) groups is 2. The second-order valence-corrected chi connectivity index (χ2v) is 5.57. The average Bonchev–Trinajstić information content (AvgIpc) is 2.42. The van der Waals surface area contributed by atoms with E-state index in [1.165, 1.54) is 0 Å². The minimum atomic E-state index is -1.09. The number of carboxylic acid groups (broad SMARTS) is 1. The second-order valence-electron chi connectivity index (χ2n) is 4.72. The molecule has 0 radical (unpaired) electrons. The Bertz CT molecular complexity index is 560. The number of halogens is 3. The quantitative estimate of drug-likeness (QED) is 0.848. The topological polar surface area (TPSA) is 69.6 Å². The lowest BCUT2D eigenvalue weighted by Crippen LogP contribution is -2.49. The van der Waals surface area contributed by atoms with Crippen LogP contribution in [0.5, 0.6) is 0 Å². The van der Waals surface area contributed by atoms with Gasteiger partial charge in [-0.2, -0.15) is 0 Å². The van der Waals surface area contributed by atoms with E-state index >= 15 is 0 Å². The summed E-state index contributed by atoms with van der Waals surface area (Å²) in [6, 6.07) is 0.0174. The van der Waals surface area contributed by atoms with E-state index in [0.717, 1.165) is 17.4 Å². The fraction of sp³-hybridized carbons (Fsp3) is 0.385. The molecule has 21 heavy (non-hydrogen) atoms. The lowest BCUT2D eigenvalue weighted by atomic mass is 10.0. The van der Waals surface area contributed by atoms with Crippen LogP contribution in [0.1, 0.15) is 19.3 Å². The maximum absolute atomic E-state index is 13.7. The van der Waals surface area contributed by atoms with E-state index in [1.807, 2.05) is 0 Å². The largest absolute Gasteiger partial charge is 0.480 e. The molecule has 2 amide bonds. The molecule has 2 rings (SSSR count). The molecule has 0 aliphatic carbocycles. The van der Waals surface area contributed by atoms with E-state index in [9.17, 15) is 18.4 Å². The van der Waals surface area contributed by atoms with Gasteiger partial charge in [0.15, 0.2) is 5.82 Å². The maximum Gasteiger partial charge on any atom is 0.326 e. The van der Waals surface area contributed by atoms with E-state index in [-0.39, 0.29) is 16.7 Å². The molecular formula is C13H13BrF2N2O3. The number of amides is 2. The highest BCUT2D eigenvalue weighted by Crippen LogP contribution is 2.28. The molecule has 0 bridgehead atoms. The van der Waals surface area contributed by atoms with Crippen LogP contribution in [0.2, 0.25) is 0 Å². The van der Waals surface area contributed by atoms with Gasteiger partial charge < -0.3 is 15.3 Å². The second kappa shape index (κ2) is 6.38. The molecule has 1 atom stereocenters. The number of carbonyl (C=O) groups excluding carboxylic acids is 1. The lowest BCUT2D eigenvalue weighted by molar-refractivity contribution is -0.143. The van der Waals surface area contributed by atoms with Crippen molar-refractivity contribution < 1.29 is 23.5 Å². The zero-order valence-electron chi connectivity index (χ0n) is 10.9. The Morgan fingerprint density at radius 3 is 2.67 bits per heavy atom. The molecule has 1 aliphatic rings. The van der Waals surface area contributed by atoms with Crippen molar-refractivity contribution in [3.8, 4) is 0 Å². The van der Waals surface area contributed by atoms with E-state index < -0.39 is 29.7 Å². The number of aliphatic carboxylic acids is 1. The van der Waals surface area contributed by atoms with Crippen molar-refractivity contribution in [3.05, 3.63) is 28.2 Å². The molecule has 0 aromatic heterocycles. The maximum atomic E-state index is 13.7. The van der Waals surface area contributed by atoms with Crippen LogP contribution in [-0.4, -0.2) is 34.6 Å². The summed E-state index contributed by atoms with van der Waals surface area (Å²) in [6.07, 6.45) is 1.76. The van der Waals surface area contributed by atoms with Crippen molar-refractivity contribution in [2.24, 2.45) is 0 Å². The van der Waals surface area contributed by atoms with Crippen LogP contribution < -0.4 is 5.32 Å². The third-order valence-corrected chi connectivity index (χ3v) is 3.91. The first-order chi connectivity index (χ1) is 9.90. The molecular weight excluding hydrogens is 350 g/mol. The number of piperidine rings is 1. The number of benzene rings is 1. The molecule has 0 saturated carbocycles. The molecule has 1 fully saturated rings. The third kappa shape index (κ3) is 3.49. The molecule has 8 heteroatoms. The van der Waals surface area contributed by atoms with Crippen LogP contribution in [0.3, 0.4) is 0 Å². The molecule has 1 unspecified atom stereocenters. The number of nitrogens with one attached hydrogen (secondary N) is 1. The van der Waals surface area contributed by atoms with Crippen molar-refractivity contribution in [1.82, 2.24) is 4.90 Å². The van der Waals surface area contributed by atoms with Gasteiger partial charge in [0.1, 0.15) is 11.9 Å². The van der Waals surface area contributed by atoms with Crippen molar-refractivity contribution in [2.45, 2.75) is 25.3 Å². The Morgan fingerprint density at radius 1 is 1.33 bits per heavy atom. The van der Waals surface area contributed by atoms with Gasteiger partial charge in [0.25, 0.3) is 0 Å². The van der Waals surface area contributed by atoms with Crippen molar-refractivity contribution in [2.75, 3.05) is 11.9 Å². The van der Waals surface area contributed by atoms with Crippen molar-refractivity contribution >= 4 is 33.6 Å². The van der Waals surface area contributed by atoms with E-state index in [0.29, 0.717) is 18.9 Å². The highest BCUT2D eigenvalue weighted by molar-refractivity contribution is 9.10. The summed E-state index contributed by atoms with van der Waals surface area (Å²) >= 11 is 2.96. The minimum Gasteiger partial charge on any atom is -0.480 e. The van der Waals surface area contributed by atoms with Crippen molar-refractivity contribution in [3.63, 3.8) is 0 Å². The van der Waals surface area contributed by atoms with E-state index in [2.05, 4.69) is 21.2 Å². The number of likely N-dealkylation sites (tertiary alicyclic amines) is 1. The number of carboxylic acids is 1. The lowest BCUT2D eigenvalue weighted by Gasteiger charge is -2.33. The zero-order chi connectivity index (χ0) is 15.6. The van der Waals surface area contributed by atoms with Crippen LogP contribution in [0.4, 0.5) is 19.3 Å². The van der Waals surface area contributed by atoms with Gasteiger partial charge in [0, 0.05) is 17.1 Å². The molecule has 2 N–H and O–H groups in total. The van der Waals surface area contributed by atoms with Gasteiger partial charge in [-0.1, -0.05) is 0 Å². The SMILES string of the molecule is O=C(O)C1CCCCN1C(=O)Nc1c(F)cc(F)cc1Br. The van der Waals surface area contributed by atoms with Gasteiger partial charge >= 0.3 is 12.0 Å². The van der Waals surface area contributed by atoms with Crippen LogP contribution >= 0.6 is 15.9 Å². The molecule has 1 aliphatic heterocycles. The molecule has 1 heterocycles. The highest BCUT2D eigenvalue weighted by atomic mass is 79.9. The summed E-state index contributed by atoms with van der Waals surface area (Å²) in [5.41, 5.74) is -0.212. The van der Waals surface area contributed by atoms with Crippen molar-refractivity contribution in [1.29, 1.82) is 0 Å². The molecule has 1 aromatic carbocycles. The van der Waals surface area contributed by atoms with E-state index in [1.54, 1.807) is 0 Å². The number of hydrogen-bond donors (Lipinski definition) is 2. The summed E-state index contributed by atoms with van der Waals surface area (Å²) in [7, 11) is 0. The number of hydrogen-bond acceptors (Lipinski definition) is 2. The Hall–Kier alpha value is -1.70. The average molecular weight is 363 g/mol. The van der Waals surface area contributed by atoms with Gasteiger partial charge in [-0.3, -0.25) is 0 Å². The third-order valence-electron chi connectivity index (χ3n) is 3.29. The predicted molar refractivity (Wildman–Crippen MR) is 75.1 cm³/mol.